The summed E-state index contributed by atoms with van der Waals surface area (Å²) in [4.78, 5) is 79.3. The van der Waals surface area contributed by atoms with Gasteiger partial charge in [0.1, 0.15) is 61.0 Å². The summed E-state index contributed by atoms with van der Waals surface area (Å²) in [6.07, 6.45) is -3.20. The van der Waals surface area contributed by atoms with Gasteiger partial charge in [0.2, 0.25) is 11.8 Å². The van der Waals surface area contributed by atoms with Gasteiger partial charge in [0.25, 0.3) is 0 Å². The second kappa shape index (κ2) is 36.4. The molecule has 0 aromatic rings. The van der Waals surface area contributed by atoms with Crippen LogP contribution >= 0.6 is 15.6 Å². The van der Waals surface area contributed by atoms with E-state index in [9.17, 15) is 78.8 Å². The normalized spacial score (nSPS) is 26.4. The molecule has 0 radical (unpaired) electrons. The first-order valence-electron chi connectivity index (χ1n) is 26.8. The number of amides is 2. The Morgan fingerprint density at radius 2 is 1.00 bits per heavy atom. The minimum atomic E-state index is -5.56. The molecule has 0 aliphatic carbocycles. The molecule has 14 atom stereocenters. The summed E-state index contributed by atoms with van der Waals surface area (Å²) in [5, 5.41) is 82.5. The molecule has 2 heterocycles. The van der Waals surface area contributed by atoms with E-state index in [2.05, 4.69) is 31.4 Å². The van der Waals surface area contributed by atoms with Gasteiger partial charge in [-0.3, -0.25) is 18.6 Å². The molecular formula is C48H92N2O21P2. The minimum Gasteiger partial charge on any atom is -0.460 e. The maximum Gasteiger partial charge on any atom is 0.472 e. The molecule has 2 amide bonds. The maximum absolute atomic E-state index is 14.0. The van der Waals surface area contributed by atoms with Crippen LogP contribution in [0.15, 0.2) is 0 Å². The zero-order valence-electron chi connectivity index (χ0n) is 43.3. The summed E-state index contributed by atoms with van der Waals surface area (Å²) in [6, 6.07) is -3.91. The first-order valence-corrected chi connectivity index (χ1v) is 29.9. The lowest BCUT2D eigenvalue weighted by Gasteiger charge is -2.49. The molecule has 23 nitrogen and oxygen atoms in total. The topological polar surface area (TPSA) is 378 Å². The molecule has 0 aromatic carbocycles. The number of hydrogen-bond acceptors (Lipinski definition) is 17. The van der Waals surface area contributed by atoms with Crippen LogP contribution in [0.2, 0.25) is 0 Å². The fraction of sp³-hybridized carbons (Fsp3) is 0.938. The summed E-state index contributed by atoms with van der Waals surface area (Å²) in [5.41, 5.74) is 0. The number of aliphatic hydroxyl groups excluding tert-OH is 7. The molecule has 2 aliphatic heterocycles. The molecule has 2 rings (SSSR count). The van der Waals surface area contributed by atoms with E-state index in [1.54, 1.807) is 0 Å². The van der Waals surface area contributed by atoms with Crippen molar-refractivity contribution in [3.05, 3.63) is 0 Å². The van der Waals surface area contributed by atoms with Crippen LogP contribution in [0.4, 0.5) is 0 Å². The second-order valence-electron chi connectivity index (χ2n) is 19.8. The van der Waals surface area contributed by atoms with Crippen molar-refractivity contribution in [2.24, 2.45) is 0 Å². The van der Waals surface area contributed by atoms with Gasteiger partial charge in [0, 0.05) is 0 Å². The van der Waals surface area contributed by atoms with Gasteiger partial charge in [-0.2, -0.15) is 0 Å². The van der Waals surface area contributed by atoms with Crippen molar-refractivity contribution < 1.29 is 102 Å². The average molecular weight is 1100 g/mol. The van der Waals surface area contributed by atoms with Crippen molar-refractivity contribution >= 4 is 33.4 Å². The average Bonchev–Trinajstić information content (AvgIpc) is 3.31. The molecule has 2 fully saturated rings. The van der Waals surface area contributed by atoms with E-state index in [4.69, 9.17) is 23.3 Å². The van der Waals surface area contributed by atoms with E-state index in [0.717, 1.165) is 122 Å². The van der Waals surface area contributed by atoms with Crippen LogP contribution in [0.5, 0.6) is 0 Å². The Hall–Kier alpha value is -1.73. The smallest absolute Gasteiger partial charge is 0.460 e. The van der Waals surface area contributed by atoms with E-state index in [0.29, 0.717) is 19.3 Å². The first-order chi connectivity index (χ1) is 34.6. The van der Waals surface area contributed by atoms with Gasteiger partial charge < -0.3 is 80.2 Å². The van der Waals surface area contributed by atoms with Gasteiger partial charge in [-0.05, 0) is 25.7 Å². The Labute approximate surface area is 431 Å². The number of carbonyl (C=O) groups is 3. The molecular weight excluding hydrogens is 1000 g/mol. The highest BCUT2D eigenvalue weighted by Gasteiger charge is 2.56. The van der Waals surface area contributed by atoms with Crippen molar-refractivity contribution in [1.29, 1.82) is 0 Å². The van der Waals surface area contributed by atoms with E-state index >= 15 is 0 Å². The molecule has 430 valence electrons. The largest absolute Gasteiger partial charge is 0.472 e. The van der Waals surface area contributed by atoms with Gasteiger partial charge >= 0.3 is 21.6 Å². The van der Waals surface area contributed by atoms with Crippen molar-refractivity contribution in [2.45, 2.75) is 280 Å². The zero-order chi connectivity index (χ0) is 54.6. The third-order valence-electron chi connectivity index (χ3n) is 13.4. The second-order valence-corrected chi connectivity index (χ2v) is 22.2. The van der Waals surface area contributed by atoms with Gasteiger partial charge in [-0.1, -0.05) is 156 Å². The van der Waals surface area contributed by atoms with Gasteiger partial charge in [0.05, 0.1) is 31.6 Å². The minimum absolute atomic E-state index is 0.127. The lowest BCUT2D eigenvalue weighted by Crippen LogP contribution is -2.72. The molecule has 2 aliphatic rings. The van der Waals surface area contributed by atoms with Crippen molar-refractivity contribution in [2.75, 3.05) is 6.61 Å². The molecule has 2 saturated heterocycles. The third kappa shape index (κ3) is 26.9. The number of phosphoric ester groups is 2. The molecule has 1 unspecified atom stereocenters. The van der Waals surface area contributed by atoms with Crippen LogP contribution in [0.3, 0.4) is 0 Å². The lowest BCUT2D eigenvalue weighted by molar-refractivity contribution is -0.286. The number of rotatable bonds is 40. The molecule has 25 heteroatoms. The predicted molar refractivity (Wildman–Crippen MR) is 266 cm³/mol. The number of nitrogens with one attached hydrogen (secondary N) is 2. The Bertz CT molecular complexity index is 1630. The highest BCUT2D eigenvalue weighted by atomic mass is 31.2. The zero-order valence-corrected chi connectivity index (χ0v) is 45.1. The lowest BCUT2D eigenvalue weighted by atomic mass is 9.84. The summed E-state index contributed by atoms with van der Waals surface area (Å²) in [7, 11) is -11.0. The predicted octanol–water partition coefficient (Wildman–Crippen LogP) is 3.70. The standard InChI is InChI=1S/C48H92N2O21P2/c1-4-7-10-13-16-19-22-25-28-34(53)47(60)67-33(27-24-21-18-15-12-9-6-3)30-37(55)49-38-41(57)44(70-72(61,62)63)35(31-51)68-45(38)43(59)46-42(58)40(56)39(48(69-46)71-73(64,65)66)50-36(54)29-32(52)26-23-20-17-14-11-8-5-2/h32-35,38-46,48,51-53,56-59H,4-31H2,1-3H3,(H,49,55)(H,50,54)(H2,61,62,63)(H2,64,65,66)/t32-,33-,34+,35-,38+,39+,40-,41-,42+,43?,44-,45-,46+,48+/m1/s1. The molecule has 13 N–H and O–H groups in total. The fourth-order valence-electron chi connectivity index (χ4n) is 9.33. The van der Waals surface area contributed by atoms with Crippen molar-refractivity contribution in [3.63, 3.8) is 0 Å². The van der Waals surface area contributed by atoms with Crippen LogP contribution in [0.1, 0.15) is 194 Å². The summed E-state index contributed by atoms with van der Waals surface area (Å²) in [5.74, 6) is -2.86. The first kappa shape index (κ1) is 67.4. The van der Waals surface area contributed by atoms with Gasteiger partial charge in [0.15, 0.2) is 12.4 Å². The summed E-state index contributed by atoms with van der Waals surface area (Å²) in [6.45, 7) is 5.21. The highest BCUT2D eigenvalue weighted by Crippen LogP contribution is 2.44. The number of unbranched alkanes of at least 4 members (excludes halogenated alkanes) is 19. The number of phosphoric acid groups is 2. The Morgan fingerprint density at radius 1 is 0.548 bits per heavy atom. The van der Waals surface area contributed by atoms with Crippen LogP contribution in [-0.2, 0) is 46.8 Å². The highest BCUT2D eigenvalue weighted by molar-refractivity contribution is 7.46. The van der Waals surface area contributed by atoms with Crippen LogP contribution in [0.25, 0.3) is 0 Å². The van der Waals surface area contributed by atoms with E-state index in [1.165, 1.54) is 0 Å². The number of ether oxygens (including phenoxy) is 3. The molecule has 73 heavy (non-hydrogen) atoms. The SMILES string of the molecule is CCCCCCCCCC[C@H](O)C(=O)O[C@H](CCCCCCCCC)CC(=O)N[C@H]1[C@@H](O)[C@H](OP(=O)(O)O)[C@@H](CO)O[C@H]1C(O)[C@H]1O[C@@H](OP(=O)(O)O)[C@@H](NC(=O)C[C@H](O)CCCCCCCCC)[C@@H](O)[C@@H]1O. The third-order valence-corrected chi connectivity index (χ3v) is 14.4. The molecule has 0 aromatic heterocycles. The quantitative estimate of drug-likeness (QED) is 0.0236. The number of hydrogen-bond donors (Lipinski definition) is 13. The molecule has 0 saturated carbocycles. The fourth-order valence-corrected chi connectivity index (χ4v) is 10.4. The van der Waals surface area contributed by atoms with Crippen molar-refractivity contribution in [1.82, 2.24) is 10.6 Å². The van der Waals surface area contributed by atoms with Crippen LogP contribution < -0.4 is 10.6 Å². The summed E-state index contributed by atoms with van der Waals surface area (Å²) >= 11 is 0. The van der Waals surface area contributed by atoms with E-state index in [1.807, 2.05) is 0 Å². The van der Waals surface area contributed by atoms with E-state index in [-0.39, 0.29) is 19.3 Å². The number of carbonyl (C=O) groups excluding carboxylic acids is 3. The Morgan fingerprint density at radius 3 is 1.49 bits per heavy atom. The Balaban J connectivity index is 2.35. The van der Waals surface area contributed by atoms with Gasteiger partial charge in [-0.25, -0.2) is 13.9 Å². The Kier molecular flexibility index (Phi) is 33.6. The van der Waals surface area contributed by atoms with Gasteiger partial charge in [-0.15, -0.1) is 0 Å². The molecule has 0 spiro atoms. The summed E-state index contributed by atoms with van der Waals surface area (Å²) < 4.78 is 50.8. The van der Waals surface area contributed by atoms with E-state index < -0.39 is 138 Å². The maximum atomic E-state index is 14.0. The molecule has 0 bridgehead atoms. The van der Waals surface area contributed by atoms with Crippen molar-refractivity contribution in [3.8, 4) is 0 Å². The number of esters is 1. The monoisotopic (exact) mass is 1090 g/mol. The number of aliphatic hydroxyl groups is 7. The van der Waals surface area contributed by atoms with Crippen LogP contribution in [0, 0.1) is 0 Å². The van der Waals surface area contributed by atoms with Crippen LogP contribution in [-0.4, -0.2) is 165 Å².